The first-order valence-corrected chi connectivity index (χ1v) is 11.0. The molecule has 4 aromatic rings. The van der Waals surface area contributed by atoms with E-state index < -0.39 is 5.91 Å². The SMILES string of the molecule is NC(=O)c1ccc(Oc2ccc(CCN(Cc3ccccc3)Cc3ccccc3)cc2)nc1. The molecule has 1 heterocycles. The quantitative estimate of drug-likeness (QED) is 0.369. The zero-order valence-electron chi connectivity index (χ0n) is 18.4. The number of primary amides is 1. The largest absolute Gasteiger partial charge is 0.439 e. The van der Waals surface area contributed by atoms with Crippen LogP contribution in [0.15, 0.2) is 103 Å². The number of carbonyl (C=O) groups excluding carboxylic acids is 1. The maximum absolute atomic E-state index is 11.2. The van der Waals surface area contributed by atoms with Gasteiger partial charge in [-0.05, 0) is 41.3 Å². The fraction of sp³-hybridized carbons (Fsp3) is 0.143. The molecule has 0 aliphatic carbocycles. The Balaban J connectivity index is 1.37. The topological polar surface area (TPSA) is 68.5 Å². The smallest absolute Gasteiger partial charge is 0.250 e. The Bertz CT molecular complexity index is 1100. The van der Waals surface area contributed by atoms with E-state index in [-0.39, 0.29) is 0 Å². The third-order valence-electron chi connectivity index (χ3n) is 5.38. The van der Waals surface area contributed by atoms with Crippen LogP contribution in [0.25, 0.3) is 0 Å². The molecule has 33 heavy (non-hydrogen) atoms. The van der Waals surface area contributed by atoms with Crippen LogP contribution in [0.5, 0.6) is 11.6 Å². The zero-order chi connectivity index (χ0) is 22.9. The van der Waals surface area contributed by atoms with Crippen LogP contribution in [-0.2, 0) is 19.5 Å². The minimum atomic E-state index is -0.507. The summed E-state index contributed by atoms with van der Waals surface area (Å²) in [7, 11) is 0. The van der Waals surface area contributed by atoms with E-state index in [4.69, 9.17) is 10.5 Å². The Morgan fingerprint density at radius 1 is 0.758 bits per heavy atom. The second kappa shape index (κ2) is 11.1. The molecule has 0 saturated carbocycles. The fourth-order valence-electron chi connectivity index (χ4n) is 3.62. The number of amides is 1. The van der Waals surface area contributed by atoms with Gasteiger partial charge in [0.25, 0.3) is 0 Å². The van der Waals surface area contributed by atoms with Gasteiger partial charge < -0.3 is 10.5 Å². The van der Waals surface area contributed by atoms with Gasteiger partial charge in [0.1, 0.15) is 5.75 Å². The molecule has 0 radical (unpaired) electrons. The van der Waals surface area contributed by atoms with E-state index >= 15 is 0 Å². The molecule has 2 N–H and O–H groups in total. The number of nitrogens with zero attached hydrogens (tertiary/aromatic N) is 2. The molecule has 0 saturated heterocycles. The van der Waals surface area contributed by atoms with Gasteiger partial charge in [-0.2, -0.15) is 0 Å². The summed E-state index contributed by atoms with van der Waals surface area (Å²) < 4.78 is 5.78. The normalized spacial score (nSPS) is 10.8. The van der Waals surface area contributed by atoms with Crippen LogP contribution >= 0.6 is 0 Å². The van der Waals surface area contributed by atoms with Gasteiger partial charge in [0.15, 0.2) is 0 Å². The first-order valence-electron chi connectivity index (χ1n) is 11.0. The number of pyridine rings is 1. The van der Waals surface area contributed by atoms with Crippen molar-refractivity contribution in [1.29, 1.82) is 0 Å². The highest BCUT2D eigenvalue weighted by atomic mass is 16.5. The Labute approximate surface area is 194 Å². The molecule has 3 aromatic carbocycles. The molecule has 0 bridgehead atoms. The Hall–Kier alpha value is -3.96. The van der Waals surface area contributed by atoms with Gasteiger partial charge in [-0.3, -0.25) is 9.69 Å². The number of carbonyl (C=O) groups is 1. The van der Waals surface area contributed by atoms with Crippen LogP contribution in [0, 0.1) is 0 Å². The molecule has 0 aliphatic heterocycles. The Morgan fingerprint density at radius 3 is 1.88 bits per heavy atom. The maximum atomic E-state index is 11.2. The average molecular weight is 438 g/mol. The van der Waals surface area contributed by atoms with Gasteiger partial charge in [0.2, 0.25) is 11.8 Å². The summed E-state index contributed by atoms with van der Waals surface area (Å²) in [6.45, 7) is 2.76. The molecule has 166 valence electrons. The lowest BCUT2D eigenvalue weighted by Crippen LogP contribution is -2.25. The van der Waals surface area contributed by atoms with Crippen LogP contribution in [0.1, 0.15) is 27.0 Å². The van der Waals surface area contributed by atoms with Crippen molar-refractivity contribution in [2.75, 3.05) is 6.54 Å². The summed E-state index contributed by atoms with van der Waals surface area (Å²) in [4.78, 5) is 17.8. The number of rotatable bonds is 10. The zero-order valence-corrected chi connectivity index (χ0v) is 18.4. The highest BCUT2D eigenvalue weighted by Crippen LogP contribution is 2.20. The van der Waals surface area contributed by atoms with E-state index in [1.807, 2.05) is 12.1 Å². The van der Waals surface area contributed by atoms with Crippen LogP contribution in [0.4, 0.5) is 0 Å². The number of nitrogens with two attached hydrogens (primary N) is 1. The average Bonchev–Trinajstić information content (AvgIpc) is 2.85. The summed E-state index contributed by atoms with van der Waals surface area (Å²) in [5, 5.41) is 0. The molecule has 0 spiro atoms. The molecule has 0 aliphatic rings. The van der Waals surface area contributed by atoms with Crippen LogP contribution in [0.3, 0.4) is 0 Å². The number of ether oxygens (including phenoxy) is 1. The highest BCUT2D eigenvalue weighted by Gasteiger charge is 2.09. The summed E-state index contributed by atoms with van der Waals surface area (Å²) in [5.74, 6) is 0.611. The van der Waals surface area contributed by atoms with Gasteiger partial charge in [0, 0.05) is 31.9 Å². The molecule has 4 rings (SSSR count). The van der Waals surface area contributed by atoms with Crippen molar-refractivity contribution in [3.8, 4) is 11.6 Å². The minimum Gasteiger partial charge on any atom is -0.439 e. The van der Waals surface area contributed by atoms with Crippen molar-refractivity contribution in [3.05, 3.63) is 126 Å². The van der Waals surface area contributed by atoms with E-state index in [9.17, 15) is 4.79 Å². The number of hydrogen-bond donors (Lipinski definition) is 1. The van der Waals surface area contributed by atoms with Gasteiger partial charge >= 0.3 is 0 Å². The van der Waals surface area contributed by atoms with Crippen molar-refractivity contribution < 1.29 is 9.53 Å². The maximum Gasteiger partial charge on any atom is 0.250 e. The molecule has 0 fully saturated rings. The minimum absolute atomic E-state index is 0.355. The molecule has 5 heteroatoms. The summed E-state index contributed by atoms with van der Waals surface area (Å²) in [6.07, 6.45) is 2.35. The Kier molecular flexibility index (Phi) is 7.46. The molecule has 1 amide bonds. The summed E-state index contributed by atoms with van der Waals surface area (Å²) in [5.41, 5.74) is 9.47. The van der Waals surface area contributed by atoms with Gasteiger partial charge in [-0.1, -0.05) is 72.8 Å². The van der Waals surface area contributed by atoms with Crippen molar-refractivity contribution in [2.45, 2.75) is 19.5 Å². The molecule has 5 nitrogen and oxygen atoms in total. The van der Waals surface area contributed by atoms with E-state index in [1.165, 1.54) is 22.9 Å². The lowest BCUT2D eigenvalue weighted by atomic mass is 10.1. The van der Waals surface area contributed by atoms with Gasteiger partial charge in [-0.15, -0.1) is 0 Å². The summed E-state index contributed by atoms with van der Waals surface area (Å²) >= 11 is 0. The van der Waals surface area contributed by atoms with Crippen LogP contribution < -0.4 is 10.5 Å². The third kappa shape index (κ3) is 6.76. The van der Waals surface area contributed by atoms with Crippen molar-refractivity contribution in [3.63, 3.8) is 0 Å². The van der Waals surface area contributed by atoms with Crippen LogP contribution in [0.2, 0.25) is 0 Å². The first-order chi connectivity index (χ1) is 16.2. The van der Waals surface area contributed by atoms with E-state index in [0.717, 1.165) is 26.1 Å². The lowest BCUT2D eigenvalue weighted by Gasteiger charge is -2.23. The van der Waals surface area contributed by atoms with Gasteiger partial charge in [0.05, 0.1) is 5.56 Å². The van der Waals surface area contributed by atoms with E-state index in [0.29, 0.717) is 17.2 Å². The summed E-state index contributed by atoms with van der Waals surface area (Å²) in [6, 6.07) is 32.4. The van der Waals surface area contributed by atoms with Crippen LogP contribution in [-0.4, -0.2) is 22.3 Å². The monoisotopic (exact) mass is 437 g/mol. The second-order valence-electron chi connectivity index (χ2n) is 7.93. The van der Waals surface area contributed by atoms with Gasteiger partial charge in [-0.25, -0.2) is 4.98 Å². The highest BCUT2D eigenvalue weighted by molar-refractivity contribution is 5.92. The predicted octanol–water partition coefficient (Wildman–Crippen LogP) is 5.22. The van der Waals surface area contributed by atoms with E-state index in [2.05, 4.69) is 82.7 Å². The lowest BCUT2D eigenvalue weighted by molar-refractivity contribution is 0.1000. The fourth-order valence-corrected chi connectivity index (χ4v) is 3.62. The molecule has 0 atom stereocenters. The molecular formula is C28H27N3O2. The molecule has 1 aromatic heterocycles. The van der Waals surface area contributed by atoms with E-state index in [1.54, 1.807) is 12.1 Å². The molecular weight excluding hydrogens is 410 g/mol. The Morgan fingerprint density at radius 2 is 1.36 bits per heavy atom. The number of hydrogen-bond acceptors (Lipinski definition) is 4. The third-order valence-corrected chi connectivity index (χ3v) is 5.38. The standard InChI is InChI=1S/C28H27N3O2/c29-28(32)25-13-16-27(30-19-25)33-26-14-11-22(12-15-26)17-18-31(20-23-7-3-1-4-8-23)21-24-9-5-2-6-10-24/h1-16,19H,17-18,20-21H2,(H2,29,32). The predicted molar refractivity (Wildman–Crippen MR) is 130 cm³/mol. The van der Waals surface area contributed by atoms with Crippen molar-refractivity contribution in [1.82, 2.24) is 9.88 Å². The first kappa shape index (κ1) is 22.2. The molecule has 0 unspecified atom stereocenters. The van der Waals surface area contributed by atoms with Crippen molar-refractivity contribution >= 4 is 5.91 Å². The van der Waals surface area contributed by atoms with Crippen molar-refractivity contribution in [2.24, 2.45) is 5.73 Å². The second-order valence-corrected chi connectivity index (χ2v) is 7.93. The number of aromatic nitrogens is 1. The number of benzene rings is 3.